The number of nitrogens with zero attached hydrogens (tertiary/aromatic N) is 2. The van der Waals surface area contributed by atoms with Crippen LogP contribution in [0.4, 0.5) is 0 Å². The van der Waals surface area contributed by atoms with Gasteiger partial charge in [0.2, 0.25) is 0 Å². The molecule has 0 radical (unpaired) electrons. The van der Waals surface area contributed by atoms with E-state index in [0.29, 0.717) is 0 Å². The van der Waals surface area contributed by atoms with Gasteiger partial charge in [-0.1, -0.05) is 56.5 Å². The lowest BCUT2D eigenvalue weighted by Gasteiger charge is -2.38. The minimum absolute atomic E-state index is 0.0526. The number of hydrogen-bond acceptors (Lipinski definition) is 3. The fraction of sp³-hybridized carbons (Fsp3) is 0.636. The molecule has 0 heterocycles. The summed E-state index contributed by atoms with van der Waals surface area (Å²) in [5, 5.41) is 5.47. The van der Waals surface area contributed by atoms with E-state index in [1.54, 1.807) is 7.11 Å². The molecule has 0 N–H and O–H groups in total. The first-order chi connectivity index (χ1) is 12.2. The molecule has 0 saturated heterocycles. The summed E-state index contributed by atoms with van der Waals surface area (Å²) in [4.78, 5) is 0. The van der Waals surface area contributed by atoms with Crippen molar-refractivity contribution >= 4 is 11.6 Å². The van der Waals surface area contributed by atoms with Gasteiger partial charge in [-0.3, -0.25) is 0 Å². The SMILES string of the molecule is CCCCN(C)N(C=C(C)C)CC(C)(C)c1ccc(Cl)cc1.CCOC. The van der Waals surface area contributed by atoms with Gasteiger partial charge in [0, 0.05) is 50.5 Å². The average Bonchev–Trinajstić information content (AvgIpc) is 2.59. The van der Waals surface area contributed by atoms with Crippen molar-refractivity contribution < 1.29 is 4.74 Å². The number of rotatable bonds is 9. The van der Waals surface area contributed by atoms with E-state index < -0.39 is 0 Å². The van der Waals surface area contributed by atoms with Crippen molar-refractivity contribution in [3.8, 4) is 0 Å². The lowest BCUT2D eigenvalue weighted by Crippen LogP contribution is -2.43. The summed E-state index contributed by atoms with van der Waals surface area (Å²) in [6, 6.07) is 8.22. The maximum atomic E-state index is 6.02. The highest BCUT2D eigenvalue weighted by Crippen LogP contribution is 2.26. The molecule has 0 saturated carbocycles. The summed E-state index contributed by atoms with van der Waals surface area (Å²) < 4.78 is 4.54. The molecule has 26 heavy (non-hydrogen) atoms. The van der Waals surface area contributed by atoms with Gasteiger partial charge in [0.05, 0.1) is 0 Å². The molecule has 0 aliphatic heterocycles. The number of ether oxygens (including phenoxy) is 1. The smallest absolute Gasteiger partial charge is 0.0433 e. The van der Waals surface area contributed by atoms with Crippen molar-refractivity contribution in [3.05, 3.63) is 46.6 Å². The summed E-state index contributed by atoms with van der Waals surface area (Å²) in [5.41, 5.74) is 2.68. The molecule has 0 unspecified atom stereocenters. The predicted molar refractivity (Wildman–Crippen MR) is 116 cm³/mol. The summed E-state index contributed by atoms with van der Waals surface area (Å²) in [6.45, 7) is 15.9. The number of allylic oxidation sites excluding steroid dienone is 1. The maximum Gasteiger partial charge on any atom is 0.0433 e. The average molecular weight is 383 g/mol. The van der Waals surface area contributed by atoms with E-state index in [1.165, 1.54) is 24.0 Å². The molecule has 0 spiro atoms. The van der Waals surface area contributed by atoms with Gasteiger partial charge in [-0.25, -0.2) is 5.01 Å². The van der Waals surface area contributed by atoms with Crippen LogP contribution in [-0.2, 0) is 10.2 Å². The van der Waals surface area contributed by atoms with E-state index in [-0.39, 0.29) is 5.41 Å². The summed E-state index contributed by atoms with van der Waals surface area (Å²) >= 11 is 6.02. The zero-order chi connectivity index (χ0) is 20.2. The van der Waals surface area contributed by atoms with Crippen LogP contribution < -0.4 is 0 Å². The molecule has 0 aliphatic rings. The Balaban J connectivity index is 0.00000141. The molecule has 150 valence electrons. The van der Waals surface area contributed by atoms with Crippen molar-refractivity contribution in [1.82, 2.24) is 10.0 Å². The fourth-order valence-electron chi connectivity index (χ4n) is 2.48. The minimum atomic E-state index is 0.0526. The first-order valence-corrected chi connectivity index (χ1v) is 9.93. The van der Waals surface area contributed by atoms with Crippen molar-refractivity contribution in [2.45, 2.75) is 59.8 Å². The zero-order valence-corrected chi connectivity index (χ0v) is 18.9. The third kappa shape index (κ3) is 10.2. The monoisotopic (exact) mass is 382 g/mol. The summed E-state index contributed by atoms with van der Waals surface area (Å²) in [6.07, 6.45) is 4.67. The normalized spacial score (nSPS) is 11.0. The minimum Gasteiger partial charge on any atom is -0.385 e. The summed E-state index contributed by atoms with van der Waals surface area (Å²) in [7, 11) is 3.85. The zero-order valence-electron chi connectivity index (χ0n) is 18.1. The molecule has 0 amide bonds. The lowest BCUT2D eigenvalue weighted by atomic mass is 9.84. The molecule has 0 fully saturated rings. The molecule has 4 heteroatoms. The first kappa shape index (κ1) is 25.0. The number of methoxy groups -OCH3 is 1. The maximum absolute atomic E-state index is 6.02. The third-order valence-electron chi connectivity index (χ3n) is 4.15. The van der Waals surface area contributed by atoms with Crippen LogP contribution in [0.5, 0.6) is 0 Å². The van der Waals surface area contributed by atoms with Crippen molar-refractivity contribution in [2.24, 2.45) is 0 Å². The van der Waals surface area contributed by atoms with Gasteiger partial charge in [0.25, 0.3) is 0 Å². The van der Waals surface area contributed by atoms with E-state index in [9.17, 15) is 0 Å². The Morgan fingerprint density at radius 3 is 2.12 bits per heavy atom. The highest BCUT2D eigenvalue weighted by Gasteiger charge is 2.24. The van der Waals surface area contributed by atoms with Gasteiger partial charge in [0.1, 0.15) is 0 Å². The number of hydrazine groups is 1. The Kier molecular flexibility index (Phi) is 12.7. The lowest BCUT2D eigenvalue weighted by molar-refractivity contribution is 0.0312. The van der Waals surface area contributed by atoms with Gasteiger partial charge in [0.15, 0.2) is 0 Å². The largest absolute Gasteiger partial charge is 0.385 e. The molecule has 0 bridgehead atoms. The fourth-order valence-corrected chi connectivity index (χ4v) is 2.60. The van der Waals surface area contributed by atoms with Gasteiger partial charge in [-0.05, 0) is 44.9 Å². The van der Waals surface area contributed by atoms with Crippen LogP contribution in [0.15, 0.2) is 36.0 Å². The van der Waals surface area contributed by atoms with Crippen LogP contribution in [0.2, 0.25) is 5.02 Å². The van der Waals surface area contributed by atoms with E-state index in [4.69, 9.17) is 11.6 Å². The number of benzene rings is 1. The predicted octanol–water partition coefficient (Wildman–Crippen LogP) is 6.14. The Bertz CT molecular complexity index is 505. The quantitative estimate of drug-likeness (QED) is 0.477. The molecular formula is C22H39ClN2O. The van der Waals surface area contributed by atoms with Crippen LogP contribution in [-0.4, -0.2) is 43.9 Å². The van der Waals surface area contributed by atoms with E-state index in [1.807, 2.05) is 19.1 Å². The highest BCUT2D eigenvalue weighted by atomic mass is 35.5. The second kappa shape index (κ2) is 13.2. The first-order valence-electron chi connectivity index (χ1n) is 9.55. The Morgan fingerprint density at radius 2 is 1.69 bits per heavy atom. The van der Waals surface area contributed by atoms with Gasteiger partial charge < -0.3 is 9.75 Å². The number of halogens is 1. The Morgan fingerprint density at radius 1 is 1.15 bits per heavy atom. The molecule has 0 atom stereocenters. The van der Waals surface area contributed by atoms with E-state index in [0.717, 1.165) is 24.7 Å². The Labute approximate surface area is 166 Å². The van der Waals surface area contributed by atoms with Crippen LogP contribution in [0.25, 0.3) is 0 Å². The molecule has 0 aromatic heterocycles. The number of hydrogen-bond donors (Lipinski definition) is 0. The second-order valence-electron chi connectivity index (χ2n) is 7.51. The van der Waals surface area contributed by atoms with Crippen molar-refractivity contribution in [2.75, 3.05) is 33.9 Å². The second-order valence-corrected chi connectivity index (χ2v) is 7.94. The summed E-state index contributed by atoms with van der Waals surface area (Å²) in [5.74, 6) is 0. The number of unbranched alkanes of at least 4 members (excludes halogenated alkanes) is 1. The highest BCUT2D eigenvalue weighted by molar-refractivity contribution is 6.30. The van der Waals surface area contributed by atoms with E-state index in [2.05, 4.69) is 74.8 Å². The van der Waals surface area contributed by atoms with Crippen LogP contribution in [0.3, 0.4) is 0 Å². The molecule has 0 aliphatic carbocycles. The Hall–Kier alpha value is -1.03. The van der Waals surface area contributed by atoms with Crippen molar-refractivity contribution in [3.63, 3.8) is 0 Å². The van der Waals surface area contributed by atoms with Gasteiger partial charge >= 0.3 is 0 Å². The molecular weight excluding hydrogens is 344 g/mol. The molecule has 1 aromatic rings. The van der Waals surface area contributed by atoms with Crippen LogP contribution >= 0.6 is 11.6 Å². The van der Waals surface area contributed by atoms with Crippen LogP contribution in [0, 0.1) is 0 Å². The van der Waals surface area contributed by atoms with Gasteiger partial charge in [-0.2, -0.15) is 0 Å². The van der Waals surface area contributed by atoms with Gasteiger partial charge in [-0.15, -0.1) is 0 Å². The third-order valence-corrected chi connectivity index (χ3v) is 4.40. The molecule has 1 aromatic carbocycles. The molecule has 3 nitrogen and oxygen atoms in total. The topological polar surface area (TPSA) is 15.7 Å². The van der Waals surface area contributed by atoms with E-state index >= 15 is 0 Å². The molecule has 1 rings (SSSR count). The van der Waals surface area contributed by atoms with Crippen LogP contribution in [0.1, 0.15) is 59.9 Å². The van der Waals surface area contributed by atoms with Crippen molar-refractivity contribution in [1.29, 1.82) is 0 Å². The standard InChI is InChI=1S/C19H31ClN2.C3H8O/c1-7-8-13-21(6)22(14-16(2)3)15-19(4,5)17-9-11-18(20)12-10-17;1-3-4-2/h9-12,14H,7-8,13,15H2,1-6H3;3H2,1-2H3.